The zero-order chi connectivity index (χ0) is 9.76. The van der Waals surface area contributed by atoms with Crippen LogP contribution in [0.4, 0.5) is 0 Å². The average Bonchev–Trinajstić information content (AvgIpc) is 2.99. The van der Waals surface area contributed by atoms with Crippen molar-refractivity contribution in [2.45, 2.75) is 18.4 Å². The molecule has 1 aliphatic carbocycles. The van der Waals surface area contributed by atoms with Gasteiger partial charge in [-0.1, -0.05) is 33.6 Å². The summed E-state index contributed by atoms with van der Waals surface area (Å²) in [6, 6.07) is 6.06. The van der Waals surface area contributed by atoms with E-state index < -0.39 is 0 Å². The summed E-state index contributed by atoms with van der Waals surface area (Å²) in [6.45, 7) is 0.846. The van der Waals surface area contributed by atoms with Gasteiger partial charge in [-0.15, -0.1) is 0 Å². The quantitative estimate of drug-likeness (QED) is 0.748. The highest BCUT2D eigenvalue weighted by atomic mass is 79.9. The molecule has 0 amide bonds. The monoisotopic (exact) mass is 272 g/mol. The van der Waals surface area contributed by atoms with Crippen molar-refractivity contribution in [2.24, 2.45) is 5.92 Å². The van der Waals surface area contributed by atoms with Gasteiger partial charge >= 0.3 is 0 Å². The summed E-state index contributed by atoms with van der Waals surface area (Å²) in [4.78, 5) is 0. The smallest absolute Gasteiger partial charge is 0.121 e. The molecule has 1 atom stereocenters. The highest BCUT2D eigenvalue weighted by molar-refractivity contribution is 9.10. The molecule has 1 saturated carbocycles. The van der Waals surface area contributed by atoms with Gasteiger partial charge < -0.3 is 4.74 Å². The first-order valence-electron chi connectivity index (χ1n) is 4.82. The van der Waals surface area contributed by atoms with Crippen LogP contribution in [0.1, 0.15) is 18.4 Å². The molecular formula is C11H10BrClO. The van der Waals surface area contributed by atoms with Gasteiger partial charge in [-0.25, -0.2) is 0 Å². The Morgan fingerprint density at radius 3 is 2.64 bits per heavy atom. The van der Waals surface area contributed by atoms with E-state index in [-0.39, 0.29) is 5.60 Å². The van der Waals surface area contributed by atoms with Crippen molar-refractivity contribution in [1.29, 1.82) is 0 Å². The summed E-state index contributed by atoms with van der Waals surface area (Å²) < 4.78 is 6.65. The number of hydrogen-bond acceptors (Lipinski definition) is 1. The lowest BCUT2D eigenvalue weighted by atomic mass is 9.95. The van der Waals surface area contributed by atoms with Gasteiger partial charge in [0, 0.05) is 15.1 Å². The molecule has 1 nitrogen and oxygen atoms in total. The molecular weight excluding hydrogens is 263 g/mol. The Balaban J connectivity index is 2.03. The Labute approximate surface area is 96.5 Å². The fraction of sp³-hybridized carbons (Fsp3) is 0.455. The first-order chi connectivity index (χ1) is 6.72. The Hall–Kier alpha value is -0.0500. The van der Waals surface area contributed by atoms with Crippen LogP contribution >= 0.6 is 27.5 Å². The molecule has 1 aromatic rings. The summed E-state index contributed by atoms with van der Waals surface area (Å²) in [5.41, 5.74) is 1.16. The third-order valence-corrected chi connectivity index (χ3v) is 3.89. The van der Waals surface area contributed by atoms with Gasteiger partial charge in [-0.2, -0.15) is 0 Å². The third-order valence-electron chi connectivity index (χ3n) is 3.08. The topological polar surface area (TPSA) is 12.5 Å². The fourth-order valence-corrected chi connectivity index (χ4v) is 2.90. The predicted octanol–water partition coefficient (Wildman–Crippen LogP) is 3.74. The summed E-state index contributed by atoms with van der Waals surface area (Å²) in [6.07, 6.45) is 2.57. The van der Waals surface area contributed by atoms with Crippen molar-refractivity contribution in [1.82, 2.24) is 0 Å². The molecule has 14 heavy (non-hydrogen) atoms. The minimum Gasteiger partial charge on any atom is -0.364 e. The van der Waals surface area contributed by atoms with Crippen molar-refractivity contribution >= 4 is 27.5 Å². The van der Waals surface area contributed by atoms with Crippen LogP contribution < -0.4 is 0 Å². The zero-order valence-electron chi connectivity index (χ0n) is 7.59. The van der Waals surface area contributed by atoms with E-state index in [0.29, 0.717) is 5.92 Å². The molecule has 3 heteroatoms. The molecule has 74 valence electrons. The van der Waals surface area contributed by atoms with Crippen LogP contribution in [0, 0.1) is 5.92 Å². The van der Waals surface area contributed by atoms with E-state index in [1.807, 2.05) is 12.1 Å². The standard InChI is InChI=1S/C11H10BrClO/c12-8-3-4-9(10(13)5-8)11(6-14-11)7-1-2-7/h3-5,7H,1-2,6H2/t11-/m0/s1. The maximum absolute atomic E-state index is 6.22. The molecule has 3 rings (SSSR count). The normalized spacial score (nSPS) is 30.4. The Morgan fingerprint density at radius 1 is 1.43 bits per heavy atom. The molecule has 0 N–H and O–H groups in total. The molecule has 1 saturated heterocycles. The van der Waals surface area contributed by atoms with Crippen LogP contribution in [0.15, 0.2) is 22.7 Å². The van der Waals surface area contributed by atoms with E-state index in [9.17, 15) is 0 Å². The van der Waals surface area contributed by atoms with Gasteiger partial charge in [0.2, 0.25) is 0 Å². The maximum Gasteiger partial charge on any atom is 0.121 e. The van der Waals surface area contributed by atoms with E-state index in [1.54, 1.807) is 0 Å². The van der Waals surface area contributed by atoms with Crippen LogP contribution in [-0.4, -0.2) is 6.61 Å². The summed E-state index contributed by atoms with van der Waals surface area (Å²) in [7, 11) is 0. The molecule has 1 aliphatic heterocycles. The number of rotatable bonds is 2. The van der Waals surface area contributed by atoms with E-state index >= 15 is 0 Å². The predicted molar refractivity (Wildman–Crippen MR) is 59.5 cm³/mol. The van der Waals surface area contributed by atoms with Crippen molar-refractivity contribution in [2.75, 3.05) is 6.61 Å². The second kappa shape index (κ2) is 2.97. The number of epoxide rings is 1. The molecule has 0 bridgehead atoms. The van der Waals surface area contributed by atoms with Crippen molar-refractivity contribution in [3.63, 3.8) is 0 Å². The van der Waals surface area contributed by atoms with Crippen LogP contribution in [0.2, 0.25) is 5.02 Å². The zero-order valence-corrected chi connectivity index (χ0v) is 9.94. The molecule has 0 aromatic heterocycles. The maximum atomic E-state index is 6.22. The highest BCUT2D eigenvalue weighted by Crippen LogP contribution is 2.57. The second-order valence-corrected chi connectivity index (χ2v) is 5.40. The van der Waals surface area contributed by atoms with Crippen molar-refractivity contribution in [3.8, 4) is 0 Å². The summed E-state index contributed by atoms with van der Waals surface area (Å²) in [5, 5.41) is 0.823. The lowest BCUT2D eigenvalue weighted by Gasteiger charge is -2.12. The number of hydrogen-bond donors (Lipinski definition) is 0. The summed E-state index contributed by atoms with van der Waals surface area (Å²) in [5.74, 6) is 0.709. The second-order valence-electron chi connectivity index (χ2n) is 4.08. The van der Waals surface area contributed by atoms with E-state index in [2.05, 4.69) is 22.0 Å². The van der Waals surface area contributed by atoms with Crippen molar-refractivity contribution < 1.29 is 4.74 Å². The van der Waals surface area contributed by atoms with Crippen molar-refractivity contribution in [3.05, 3.63) is 33.3 Å². The first-order valence-corrected chi connectivity index (χ1v) is 5.99. The van der Waals surface area contributed by atoms with E-state index in [1.165, 1.54) is 18.4 Å². The summed E-state index contributed by atoms with van der Waals surface area (Å²) >= 11 is 9.63. The highest BCUT2D eigenvalue weighted by Gasteiger charge is 2.58. The number of halogens is 2. The van der Waals surface area contributed by atoms with Gasteiger partial charge in [0.15, 0.2) is 0 Å². The average molecular weight is 274 g/mol. The fourth-order valence-electron chi connectivity index (χ4n) is 2.07. The lowest BCUT2D eigenvalue weighted by Crippen LogP contribution is -2.11. The molecule has 0 spiro atoms. The molecule has 1 heterocycles. The van der Waals surface area contributed by atoms with E-state index in [0.717, 1.165) is 16.1 Å². The van der Waals surface area contributed by atoms with Gasteiger partial charge in [0.25, 0.3) is 0 Å². The first kappa shape index (κ1) is 9.20. The molecule has 2 aliphatic rings. The largest absolute Gasteiger partial charge is 0.364 e. The lowest BCUT2D eigenvalue weighted by molar-refractivity contribution is 0.278. The Kier molecular flexibility index (Phi) is 1.95. The van der Waals surface area contributed by atoms with E-state index in [4.69, 9.17) is 16.3 Å². The Bertz CT molecular complexity index is 383. The van der Waals surface area contributed by atoms with Gasteiger partial charge in [-0.05, 0) is 30.9 Å². The molecule has 0 radical (unpaired) electrons. The SMILES string of the molecule is Clc1cc(Br)ccc1[C@@]1(C2CC2)CO1. The third kappa shape index (κ3) is 1.32. The molecule has 0 unspecified atom stereocenters. The van der Waals surface area contributed by atoms with Gasteiger partial charge in [-0.3, -0.25) is 0 Å². The van der Waals surface area contributed by atoms with Crippen LogP contribution in [0.25, 0.3) is 0 Å². The molecule has 2 fully saturated rings. The number of benzene rings is 1. The minimum atomic E-state index is -0.0161. The molecule has 1 aromatic carbocycles. The number of ether oxygens (including phenoxy) is 1. The van der Waals surface area contributed by atoms with Crippen LogP contribution in [-0.2, 0) is 10.3 Å². The minimum absolute atomic E-state index is 0.0161. The Morgan fingerprint density at radius 2 is 2.14 bits per heavy atom. The van der Waals surface area contributed by atoms with Gasteiger partial charge in [0.1, 0.15) is 5.60 Å². The van der Waals surface area contributed by atoms with Crippen LogP contribution in [0.5, 0.6) is 0 Å². The van der Waals surface area contributed by atoms with Gasteiger partial charge in [0.05, 0.1) is 6.61 Å². The van der Waals surface area contributed by atoms with Crippen LogP contribution in [0.3, 0.4) is 0 Å².